The van der Waals surface area contributed by atoms with Crippen molar-refractivity contribution < 1.29 is 42.5 Å². The molecule has 0 spiro atoms. The normalized spacial score (nSPS) is 10.4. The van der Waals surface area contributed by atoms with Crippen molar-refractivity contribution in [3.8, 4) is 0 Å². The molecule has 0 saturated heterocycles. The Hall–Kier alpha value is -1.26. The second kappa shape index (κ2) is 9.64. The maximum Gasteiger partial charge on any atom is 1.00 e. The number of para-hydroxylation sites is 1. The van der Waals surface area contributed by atoms with Crippen LogP contribution in [-0.2, 0) is 10.3 Å². The van der Waals surface area contributed by atoms with Gasteiger partial charge in [0.15, 0.2) is 0 Å². The molecule has 0 unspecified atom stereocenters. The zero-order valence-electron chi connectivity index (χ0n) is 12.0. The molecule has 8 nitrogen and oxygen atoms in total. The smallest absolute Gasteiger partial charge is 0.728 e. The van der Waals surface area contributed by atoms with Crippen molar-refractivity contribution in [2.75, 3.05) is 19.0 Å². The first-order chi connectivity index (χ1) is 9.38. The first kappa shape index (κ1) is 19.7. The van der Waals surface area contributed by atoms with Gasteiger partial charge in [-0.05, 0) is 12.1 Å². The topological polar surface area (TPSA) is 114 Å². The van der Waals surface area contributed by atoms with Crippen LogP contribution in [-0.4, -0.2) is 37.0 Å². The Bertz CT molecular complexity index is 629. The fourth-order valence-corrected chi connectivity index (χ4v) is 1.30. The van der Waals surface area contributed by atoms with Crippen LogP contribution in [0.25, 0.3) is 0 Å². The van der Waals surface area contributed by atoms with E-state index in [1.165, 1.54) is 18.1 Å². The molecule has 10 heteroatoms. The fraction of sp³-hybridized carbons (Fsp3) is 0.182. The van der Waals surface area contributed by atoms with E-state index in [2.05, 4.69) is 36.6 Å². The SMILES string of the molecule is CN(C)c1ccccc1.O=S(=O)([O-])N=Nc1ncc[nH]1.[Na+]. The van der Waals surface area contributed by atoms with Crippen molar-refractivity contribution in [3.63, 3.8) is 0 Å². The largest absolute Gasteiger partial charge is 1.00 e. The third-order valence-corrected chi connectivity index (χ3v) is 2.27. The van der Waals surface area contributed by atoms with Crippen LogP contribution >= 0.6 is 0 Å². The molecule has 0 radical (unpaired) electrons. The Balaban J connectivity index is 0.000000370. The van der Waals surface area contributed by atoms with Gasteiger partial charge >= 0.3 is 29.6 Å². The van der Waals surface area contributed by atoms with Crippen LogP contribution in [0.4, 0.5) is 11.6 Å². The second-order valence-corrected chi connectivity index (χ2v) is 4.77. The van der Waals surface area contributed by atoms with Crippen molar-refractivity contribution in [1.29, 1.82) is 0 Å². The molecule has 0 atom stereocenters. The van der Waals surface area contributed by atoms with Crippen molar-refractivity contribution >= 4 is 21.9 Å². The van der Waals surface area contributed by atoms with E-state index in [0.29, 0.717) is 0 Å². The van der Waals surface area contributed by atoms with Gasteiger partial charge in [0.05, 0.1) is 0 Å². The Morgan fingerprint density at radius 1 is 1.24 bits per heavy atom. The monoisotopic (exact) mass is 319 g/mol. The molecule has 21 heavy (non-hydrogen) atoms. The average molecular weight is 319 g/mol. The molecule has 0 aliphatic rings. The Morgan fingerprint density at radius 2 is 1.86 bits per heavy atom. The standard InChI is InChI=1S/C8H11N.C3H4N4O3S.Na/c1-9(2)8-6-4-3-5-7-8;8-11(9,10)7-6-3-4-1-2-5-3;/h3-7H,1-2H3;1-2H,(H,4,5)(H,8,9,10);/q;;+1/p-1. The third kappa shape index (κ3) is 9.32. The second-order valence-electron chi connectivity index (χ2n) is 3.75. The zero-order chi connectivity index (χ0) is 15.0. The molecule has 1 aromatic heterocycles. The predicted molar refractivity (Wildman–Crippen MR) is 73.6 cm³/mol. The molecule has 2 rings (SSSR count). The van der Waals surface area contributed by atoms with E-state index < -0.39 is 10.3 Å². The maximum absolute atomic E-state index is 9.87. The van der Waals surface area contributed by atoms with Gasteiger partial charge in [-0.2, -0.15) is 0 Å². The summed E-state index contributed by atoms with van der Waals surface area (Å²) in [6.45, 7) is 0. The van der Waals surface area contributed by atoms with E-state index >= 15 is 0 Å². The zero-order valence-corrected chi connectivity index (χ0v) is 14.8. The number of nitrogens with one attached hydrogen (secondary N) is 1. The molecule has 0 bridgehead atoms. The molecule has 0 saturated carbocycles. The van der Waals surface area contributed by atoms with E-state index in [1.54, 1.807) is 0 Å². The summed E-state index contributed by atoms with van der Waals surface area (Å²) in [5, 5.41) is 3.00. The quantitative estimate of drug-likeness (QED) is 0.429. The number of benzene rings is 1. The Kier molecular flexibility index (Phi) is 9.06. The van der Waals surface area contributed by atoms with Crippen molar-refractivity contribution in [2.24, 2.45) is 9.63 Å². The maximum atomic E-state index is 9.87. The first-order valence-corrected chi connectivity index (χ1v) is 6.85. The number of imidazole rings is 1. The molecule has 0 amide bonds. The number of nitrogens with zero attached hydrogens (tertiary/aromatic N) is 4. The van der Waals surface area contributed by atoms with Gasteiger partial charge in [0.2, 0.25) is 16.3 Å². The minimum Gasteiger partial charge on any atom is -0.728 e. The Morgan fingerprint density at radius 3 is 2.24 bits per heavy atom. The summed E-state index contributed by atoms with van der Waals surface area (Å²) in [6, 6.07) is 10.3. The molecular weight excluding hydrogens is 305 g/mol. The van der Waals surface area contributed by atoms with Crippen LogP contribution in [0.5, 0.6) is 0 Å². The van der Waals surface area contributed by atoms with Crippen LogP contribution in [0.15, 0.2) is 52.4 Å². The van der Waals surface area contributed by atoms with Crippen molar-refractivity contribution in [3.05, 3.63) is 42.7 Å². The van der Waals surface area contributed by atoms with E-state index in [-0.39, 0.29) is 35.5 Å². The molecule has 0 fully saturated rings. The van der Waals surface area contributed by atoms with Gasteiger partial charge in [0.25, 0.3) is 0 Å². The van der Waals surface area contributed by atoms with Gasteiger partial charge < -0.3 is 14.4 Å². The van der Waals surface area contributed by atoms with Gasteiger partial charge in [0.1, 0.15) is 0 Å². The molecule has 2 aromatic rings. The summed E-state index contributed by atoms with van der Waals surface area (Å²) >= 11 is 0. The molecule has 0 aliphatic carbocycles. The summed E-state index contributed by atoms with van der Waals surface area (Å²) in [4.78, 5) is 8.02. The number of rotatable bonds is 3. The summed E-state index contributed by atoms with van der Waals surface area (Å²) in [6.07, 6.45) is 2.78. The minimum absolute atomic E-state index is 0. The minimum atomic E-state index is -4.65. The molecule has 1 N–H and O–H groups in total. The van der Waals surface area contributed by atoms with Gasteiger partial charge in [-0.25, -0.2) is 13.4 Å². The summed E-state index contributed by atoms with van der Waals surface area (Å²) in [7, 11) is -0.578. The number of aromatic amines is 1. The Labute approximate surface area is 145 Å². The average Bonchev–Trinajstić information content (AvgIpc) is 2.90. The van der Waals surface area contributed by atoms with E-state index in [4.69, 9.17) is 0 Å². The molecule has 108 valence electrons. The van der Waals surface area contributed by atoms with E-state index in [0.717, 1.165) is 0 Å². The van der Waals surface area contributed by atoms with Gasteiger partial charge in [0, 0.05) is 32.2 Å². The summed E-state index contributed by atoms with van der Waals surface area (Å²) in [5.74, 6) is -0.0237. The first-order valence-electron chi connectivity index (χ1n) is 5.49. The van der Waals surface area contributed by atoms with Crippen LogP contribution < -0.4 is 34.5 Å². The molecular formula is C11H14N5NaO3S. The number of hydrogen-bond donors (Lipinski definition) is 1. The van der Waals surface area contributed by atoms with Crippen LogP contribution in [0.3, 0.4) is 0 Å². The number of hydrogen-bond acceptors (Lipinski definition) is 6. The summed E-state index contributed by atoms with van der Waals surface area (Å²) in [5.41, 5.74) is 1.25. The van der Waals surface area contributed by atoms with Crippen LogP contribution in [0, 0.1) is 0 Å². The third-order valence-electron chi connectivity index (χ3n) is 1.99. The number of H-pyrrole nitrogens is 1. The van der Waals surface area contributed by atoms with Gasteiger partial charge in [-0.3, -0.25) is 0 Å². The van der Waals surface area contributed by atoms with E-state index in [9.17, 15) is 13.0 Å². The van der Waals surface area contributed by atoms with Gasteiger partial charge in [-0.15, -0.1) is 5.11 Å². The number of anilines is 1. The van der Waals surface area contributed by atoms with E-state index in [1.807, 2.05) is 32.3 Å². The summed E-state index contributed by atoms with van der Waals surface area (Å²) < 4.78 is 32.1. The molecule has 0 aliphatic heterocycles. The predicted octanol–water partition coefficient (Wildman–Crippen LogP) is -1.29. The van der Waals surface area contributed by atoms with Crippen molar-refractivity contribution in [1.82, 2.24) is 9.97 Å². The molecule has 1 aromatic carbocycles. The molecule has 1 heterocycles. The van der Waals surface area contributed by atoms with Crippen LogP contribution in [0.1, 0.15) is 0 Å². The van der Waals surface area contributed by atoms with Crippen LogP contribution in [0.2, 0.25) is 0 Å². The van der Waals surface area contributed by atoms with Gasteiger partial charge in [-0.1, -0.05) is 22.7 Å². The number of aromatic nitrogens is 2. The van der Waals surface area contributed by atoms with Crippen molar-refractivity contribution in [2.45, 2.75) is 0 Å². The fourth-order valence-electron chi connectivity index (χ4n) is 1.13.